The first kappa shape index (κ1) is 23.5. The fraction of sp³-hybridized carbons (Fsp3) is 0.440. The van der Waals surface area contributed by atoms with Gasteiger partial charge in [0.2, 0.25) is 5.91 Å². The summed E-state index contributed by atoms with van der Waals surface area (Å²) in [5.74, 6) is 0.620. The van der Waals surface area contributed by atoms with Crippen LogP contribution in [-0.2, 0) is 16.1 Å². The molecule has 0 saturated heterocycles. The third-order valence-corrected chi connectivity index (χ3v) is 5.26. The standard InChI is InChI=1S/C25H34N2O3/c1-6-19(4)26-25(29)20(5)27(16-21-12-8-7-9-13-21)24(28)17-30-23-15-11-10-14-22(23)18(2)3/h7-15,18-20H,6,16-17H2,1-5H3,(H,26,29)/t19-,20+/m0/s1. The van der Waals surface area contributed by atoms with Crippen molar-refractivity contribution in [3.63, 3.8) is 0 Å². The number of nitrogens with one attached hydrogen (secondary N) is 1. The number of amides is 2. The molecule has 1 N–H and O–H groups in total. The molecule has 2 aromatic rings. The maximum atomic E-state index is 13.1. The highest BCUT2D eigenvalue weighted by atomic mass is 16.5. The van der Waals surface area contributed by atoms with E-state index in [9.17, 15) is 9.59 Å². The number of benzene rings is 2. The highest BCUT2D eigenvalue weighted by Crippen LogP contribution is 2.26. The number of para-hydroxylation sites is 1. The van der Waals surface area contributed by atoms with Crippen LogP contribution in [0.4, 0.5) is 0 Å². The minimum absolute atomic E-state index is 0.0581. The maximum Gasteiger partial charge on any atom is 0.261 e. The van der Waals surface area contributed by atoms with E-state index in [1.807, 2.05) is 68.4 Å². The Hall–Kier alpha value is -2.82. The Balaban J connectivity index is 2.16. The number of ether oxygens (including phenoxy) is 1. The van der Waals surface area contributed by atoms with Gasteiger partial charge in [-0.1, -0.05) is 69.3 Å². The molecule has 2 aromatic carbocycles. The first-order valence-corrected chi connectivity index (χ1v) is 10.7. The Kier molecular flexibility index (Phi) is 8.90. The molecule has 2 amide bonds. The molecule has 0 aromatic heterocycles. The molecule has 0 bridgehead atoms. The van der Waals surface area contributed by atoms with Gasteiger partial charge in [0.15, 0.2) is 6.61 Å². The normalized spacial score (nSPS) is 12.9. The number of carbonyl (C=O) groups is 2. The summed E-state index contributed by atoms with van der Waals surface area (Å²) in [6.45, 7) is 10.2. The molecule has 0 spiro atoms. The van der Waals surface area contributed by atoms with Gasteiger partial charge in [-0.15, -0.1) is 0 Å². The zero-order valence-electron chi connectivity index (χ0n) is 18.7. The molecule has 0 aliphatic heterocycles. The summed E-state index contributed by atoms with van der Waals surface area (Å²) < 4.78 is 5.89. The molecule has 0 heterocycles. The van der Waals surface area contributed by atoms with E-state index < -0.39 is 6.04 Å². The van der Waals surface area contributed by atoms with Crippen molar-refractivity contribution in [3.05, 3.63) is 65.7 Å². The predicted molar refractivity (Wildman–Crippen MR) is 120 cm³/mol. The van der Waals surface area contributed by atoms with Gasteiger partial charge in [-0.2, -0.15) is 0 Å². The highest BCUT2D eigenvalue weighted by Gasteiger charge is 2.27. The Morgan fingerprint density at radius 1 is 0.967 bits per heavy atom. The number of carbonyl (C=O) groups excluding carboxylic acids is 2. The van der Waals surface area contributed by atoms with Crippen LogP contribution in [-0.4, -0.2) is 35.4 Å². The zero-order chi connectivity index (χ0) is 22.1. The Bertz CT molecular complexity index is 820. The van der Waals surface area contributed by atoms with Crippen molar-refractivity contribution in [2.45, 2.75) is 65.6 Å². The molecular weight excluding hydrogens is 376 g/mol. The minimum atomic E-state index is -0.601. The van der Waals surface area contributed by atoms with Crippen LogP contribution >= 0.6 is 0 Å². The average Bonchev–Trinajstić information content (AvgIpc) is 2.75. The lowest BCUT2D eigenvalue weighted by Gasteiger charge is -2.29. The Morgan fingerprint density at radius 3 is 2.23 bits per heavy atom. The highest BCUT2D eigenvalue weighted by molar-refractivity contribution is 5.88. The average molecular weight is 411 g/mol. The zero-order valence-corrected chi connectivity index (χ0v) is 18.7. The van der Waals surface area contributed by atoms with Gasteiger partial charge in [-0.25, -0.2) is 0 Å². The lowest BCUT2D eigenvalue weighted by Crippen LogP contribution is -2.50. The van der Waals surface area contributed by atoms with Crippen molar-refractivity contribution >= 4 is 11.8 Å². The van der Waals surface area contributed by atoms with Gasteiger partial charge >= 0.3 is 0 Å². The second-order valence-electron chi connectivity index (χ2n) is 7.98. The smallest absolute Gasteiger partial charge is 0.261 e. The van der Waals surface area contributed by atoms with E-state index in [2.05, 4.69) is 19.2 Å². The summed E-state index contributed by atoms with van der Waals surface area (Å²) in [6.07, 6.45) is 0.834. The van der Waals surface area contributed by atoms with Crippen molar-refractivity contribution in [1.82, 2.24) is 10.2 Å². The second-order valence-corrected chi connectivity index (χ2v) is 7.98. The van der Waals surface area contributed by atoms with Gasteiger partial charge in [0.25, 0.3) is 5.91 Å². The number of hydrogen-bond acceptors (Lipinski definition) is 3. The molecule has 162 valence electrons. The summed E-state index contributed by atoms with van der Waals surface area (Å²) in [7, 11) is 0. The molecule has 5 heteroatoms. The SMILES string of the molecule is CC[C@H](C)NC(=O)[C@@H](C)N(Cc1ccccc1)C(=O)COc1ccccc1C(C)C. The molecule has 0 unspecified atom stereocenters. The van der Waals surface area contributed by atoms with E-state index in [4.69, 9.17) is 4.74 Å². The van der Waals surface area contributed by atoms with Crippen molar-refractivity contribution in [1.29, 1.82) is 0 Å². The molecule has 0 fully saturated rings. The Labute approximate surface area is 180 Å². The molecular formula is C25H34N2O3. The quantitative estimate of drug-likeness (QED) is 0.626. The van der Waals surface area contributed by atoms with Crippen LogP contribution in [0.1, 0.15) is 58.1 Å². The summed E-state index contributed by atoms with van der Waals surface area (Å²) in [4.78, 5) is 27.4. The van der Waals surface area contributed by atoms with Crippen molar-refractivity contribution in [2.24, 2.45) is 0 Å². The van der Waals surface area contributed by atoms with Crippen LogP contribution in [0.3, 0.4) is 0 Å². The van der Waals surface area contributed by atoms with Crippen molar-refractivity contribution < 1.29 is 14.3 Å². The van der Waals surface area contributed by atoms with Crippen LogP contribution in [0.25, 0.3) is 0 Å². The predicted octanol–water partition coefficient (Wildman–Crippen LogP) is 4.52. The molecule has 2 rings (SSSR count). The molecule has 2 atom stereocenters. The van der Waals surface area contributed by atoms with E-state index >= 15 is 0 Å². The van der Waals surface area contributed by atoms with E-state index in [0.29, 0.717) is 12.3 Å². The third-order valence-electron chi connectivity index (χ3n) is 5.26. The van der Waals surface area contributed by atoms with Gasteiger partial charge < -0.3 is 15.0 Å². The number of nitrogens with zero attached hydrogens (tertiary/aromatic N) is 1. The van der Waals surface area contributed by atoms with Crippen molar-refractivity contribution in [2.75, 3.05) is 6.61 Å². The monoisotopic (exact) mass is 410 g/mol. The van der Waals surface area contributed by atoms with Crippen LogP contribution in [0, 0.1) is 0 Å². The van der Waals surface area contributed by atoms with Crippen LogP contribution in [0.5, 0.6) is 5.75 Å². The second kappa shape index (κ2) is 11.4. The van der Waals surface area contributed by atoms with Crippen molar-refractivity contribution in [3.8, 4) is 5.75 Å². The maximum absolute atomic E-state index is 13.1. The Morgan fingerprint density at radius 2 is 1.60 bits per heavy atom. The van der Waals surface area contributed by atoms with E-state index in [0.717, 1.165) is 17.5 Å². The van der Waals surface area contributed by atoms with Gasteiger partial charge in [-0.3, -0.25) is 9.59 Å². The molecule has 0 aliphatic carbocycles. The third kappa shape index (κ3) is 6.61. The molecule has 0 radical (unpaired) electrons. The van der Waals surface area contributed by atoms with Crippen LogP contribution < -0.4 is 10.1 Å². The lowest BCUT2D eigenvalue weighted by atomic mass is 10.0. The fourth-order valence-corrected chi connectivity index (χ4v) is 3.14. The first-order valence-electron chi connectivity index (χ1n) is 10.7. The summed E-state index contributed by atoms with van der Waals surface area (Å²) >= 11 is 0. The molecule has 0 saturated carbocycles. The summed E-state index contributed by atoms with van der Waals surface area (Å²) in [5, 5.41) is 2.97. The summed E-state index contributed by atoms with van der Waals surface area (Å²) in [5.41, 5.74) is 2.03. The van der Waals surface area contributed by atoms with E-state index in [-0.39, 0.29) is 30.4 Å². The van der Waals surface area contributed by atoms with Crippen LogP contribution in [0.15, 0.2) is 54.6 Å². The van der Waals surface area contributed by atoms with E-state index in [1.165, 1.54) is 0 Å². The molecule has 0 aliphatic rings. The topological polar surface area (TPSA) is 58.6 Å². The first-order chi connectivity index (χ1) is 14.3. The van der Waals surface area contributed by atoms with Gasteiger partial charge in [0.05, 0.1) is 0 Å². The van der Waals surface area contributed by atoms with E-state index in [1.54, 1.807) is 11.8 Å². The fourth-order valence-electron chi connectivity index (χ4n) is 3.14. The van der Waals surface area contributed by atoms with Gasteiger partial charge in [0.1, 0.15) is 11.8 Å². The number of hydrogen-bond donors (Lipinski definition) is 1. The molecule has 30 heavy (non-hydrogen) atoms. The largest absolute Gasteiger partial charge is 0.483 e. The minimum Gasteiger partial charge on any atom is -0.483 e. The van der Waals surface area contributed by atoms with Gasteiger partial charge in [-0.05, 0) is 43.4 Å². The van der Waals surface area contributed by atoms with Crippen LogP contribution in [0.2, 0.25) is 0 Å². The lowest BCUT2D eigenvalue weighted by molar-refractivity contribution is -0.142. The van der Waals surface area contributed by atoms with Gasteiger partial charge in [0, 0.05) is 12.6 Å². The summed E-state index contributed by atoms with van der Waals surface area (Å²) in [6, 6.07) is 16.9. The molecule has 5 nitrogen and oxygen atoms in total. The number of rotatable bonds is 10.